The van der Waals surface area contributed by atoms with E-state index in [2.05, 4.69) is 12.3 Å². The minimum Gasteiger partial charge on any atom is -0.384 e. The third-order valence-electron chi connectivity index (χ3n) is 3.12. The van der Waals surface area contributed by atoms with Gasteiger partial charge in [-0.15, -0.1) is 0 Å². The highest BCUT2D eigenvalue weighted by Crippen LogP contribution is 2.27. The third-order valence-corrected chi connectivity index (χ3v) is 3.12. The van der Waals surface area contributed by atoms with Crippen LogP contribution in [0.4, 0.5) is 4.39 Å². The standard InChI is InChI=1S/C14H23FN2O/c1-9-5-11(3)14(12(15)6-9)13(17-16)7-10(2)8-18-4/h5-6,10,13,17H,7-8,16H2,1-4H3. The van der Waals surface area contributed by atoms with E-state index in [0.29, 0.717) is 18.1 Å². The molecule has 0 fully saturated rings. The fourth-order valence-electron chi connectivity index (χ4n) is 2.39. The largest absolute Gasteiger partial charge is 0.384 e. The topological polar surface area (TPSA) is 47.3 Å². The van der Waals surface area contributed by atoms with Gasteiger partial charge in [0.1, 0.15) is 5.82 Å². The van der Waals surface area contributed by atoms with Crippen LogP contribution in [-0.2, 0) is 4.74 Å². The lowest BCUT2D eigenvalue weighted by atomic mass is 9.92. The number of hydrogen-bond acceptors (Lipinski definition) is 3. The van der Waals surface area contributed by atoms with Crippen LogP contribution in [0.25, 0.3) is 0 Å². The zero-order chi connectivity index (χ0) is 13.7. The van der Waals surface area contributed by atoms with Crippen LogP contribution in [0.15, 0.2) is 12.1 Å². The molecule has 102 valence electrons. The Bertz CT molecular complexity index is 372. The highest BCUT2D eigenvalue weighted by atomic mass is 19.1. The Balaban J connectivity index is 2.95. The molecule has 0 aliphatic rings. The van der Waals surface area contributed by atoms with Gasteiger partial charge >= 0.3 is 0 Å². The maximum atomic E-state index is 14.1. The first kappa shape index (κ1) is 15.1. The second kappa shape index (κ2) is 6.83. The third kappa shape index (κ3) is 3.77. The first-order valence-electron chi connectivity index (χ1n) is 6.21. The van der Waals surface area contributed by atoms with E-state index in [9.17, 15) is 4.39 Å². The number of rotatable bonds is 6. The molecule has 0 amide bonds. The van der Waals surface area contributed by atoms with Gasteiger partial charge in [0.25, 0.3) is 0 Å². The van der Waals surface area contributed by atoms with E-state index in [0.717, 1.165) is 17.5 Å². The van der Waals surface area contributed by atoms with E-state index in [1.165, 1.54) is 0 Å². The predicted octanol–water partition coefficient (Wildman–Crippen LogP) is 2.62. The van der Waals surface area contributed by atoms with Crippen LogP contribution in [0.3, 0.4) is 0 Å². The highest BCUT2D eigenvalue weighted by Gasteiger charge is 2.19. The Morgan fingerprint density at radius 1 is 1.39 bits per heavy atom. The molecule has 4 heteroatoms. The number of nitrogens with one attached hydrogen (secondary N) is 1. The molecule has 1 aromatic rings. The summed E-state index contributed by atoms with van der Waals surface area (Å²) >= 11 is 0. The van der Waals surface area contributed by atoms with E-state index in [-0.39, 0.29) is 11.9 Å². The zero-order valence-corrected chi connectivity index (χ0v) is 11.6. The number of hydrogen-bond donors (Lipinski definition) is 2. The highest BCUT2D eigenvalue weighted by molar-refractivity contribution is 5.34. The fourth-order valence-corrected chi connectivity index (χ4v) is 2.39. The van der Waals surface area contributed by atoms with Crippen molar-refractivity contribution in [2.24, 2.45) is 11.8 Å². The van der Waals surface area contributed by atoms with Crippen LogP contribution in [0.1, 0.15) is 36.1 Å². The minimum absolute atomic E-state index is 0.184. The summed E-state index contributed by atoms with van der Waals surface area (Å²) in [5, 5.41) is 0. The summed E-state index contributed by atoms with van der Waals surface area (Å²) in [7, 11) is 1.67. The molecule has 0 saturated heterocycles. The Labute approximate surface area is 108 Å². The number of benzene rings is 1. The molecule has 3 N–H and O–H groups in total. The SMILES string of the molecule is COCC(C)CC(NN)c1c(C)cc(C)cc1F. The van der Waals surface area contributed by atoms with Gasteiger partial charge in [-0.2, -0.15) is 0 Å². The van der Waals surface area contributed by atoms with Gasteiger partial charge in [-0.05, 0) is 43.4 Å². The van der Waals surface area contributed by atoms with Crippen molar-refractivity contribution >= 4 is 0 Å². The van der Waals surface area contributed by atoms with Crippen molar-refractivity contribution in [3.63, 3.8) is 0 Å². The van der Waals surface area contributed by atoms with Crippen molar-refractivity contribution in [1.29, 1.82) is 0 Å². The van der Waals surface area contributed by atoms with Gasteiger partial charge in [-0.3, -0.25) is 11.3 Å². The van der Waals surface area contributed by atoms with Crippen LogP contribution >= 0.6 is 0 Å². The molecule has 0 heterocycles. The van der Waals surface area contributed by atoms with Gasteiger partial charge < -0.3 is 4.74 Å². The quantitative estimate of drug-likeness (QED) is 0.606. The molecule has 0 spiro atoms. The molecule has 18 heavy (non-hydrogen) atoms. The molecule has 2 atom stereocenters. The summed E-state index contributed by atoms with van der Waals surface area (Å²) in [5.41, 5.74) is 5.23. The van der Waals surface area contributed by atoms with Crippen LogP contribution in [0.2, 0.25) is 0 Å². The summed E-state index contributed by atoms with van der Waals surface area (Å²) in [6, 6.07) is 3.34. The van der Waals surface area contributed by atoms with Gasteiger partial charge in [0.2, 0.25) is 0 Å². The summed E-state index contributed by atoms with van der Waals surface area (Å²) in [6.45, 7) is 6.51. The molecular weight excluding hydrogens is 231 g/mol. The molecule has 0 aliphatic heterocycles. The Morgan fingerprint density at radius 2 is 2.06 bits per heavy atom. The van der Waals surface area contributed by atoms with Crippen LogP contribution < -0.4 is 11.3 Å². The van der Waals surface area contributed by atoms with Crippen molar-refractivity contribution in [2.45, 2.75) is 33.2 Å². The smallest absolute Gasteiger partial charge is 0.128 e. The molecular formula is C14H23FN2O. The average Bonchev–Trinajstić information content (AvgIpc) is 2.26. The molecule has 0 saturated carbocycles. The van der Waals surface area contributed by atoms with Crippen molar-refractivity contribution in [3.8, 4) is 0 Å². The van der Waals surface area contributed by atoms with Gasteiger partial charge in [-0.25, -0.2) is 4.39 Å². The normalized spacial score (nSPS) is 14.6. The van der Waals surface area contributed by atoms with Crippen LogP contribution in [0.5, 0.6) is 0 Å². The van der Waals surface area contributed by atoms with E-state index >= 15 is 0 Å². The van der Waals surface area contributed by atoms with Crippen molar-refractivity contribution in [1.82, 2.24) is 5.43 Å². The van der Waals surface area contributed by atoms with Crippen molar-refractivity contribution < 1.29 is 9.13 Å². The monoisotopic (exact) mass is 254 g/mol. The van der Waals surface area contributed by atoms with Crippen molar-refractivity contribution in [3.05, 3.63) is 34.6 Å². The zero-order valence-electron chi connectivity index (χ0n) is 11.6. The molecule has 3 nitrogen and oxygen atoms in total. The fraction of sp³-hybridized carbons (Fsp3) is 0.571. The number of aryl methyl sites for hydroxylation is 2. The number of hydrazine groups is 1. The molecule has 1 rings (SSSR count). The first-order valence-corrected chi connectivity index (χ1v) is 6.21. The van der Waals surface area contributed by atoms with E-state index < -0.39 is 0 Å². The van der Waals surface area contributed by atoms with Crippen molar-refractivity contribution in [2.75, 3.05) is 13.7 Å². The maximum Gasteiger partial charge on any atom is 0.128 e. The molecule has 0 aliphatic carbocycles. The van der Waals surface area contributed by atoms with Gasteiger partial charge in [0, 0.05) is 25.3 Å². The summed E-state index contributed by atoms with van der Waals surface area (Å²) < 4.78 is 19.2. The summed E-state index contributed by atoms with van der Waals surface area (Å²) in [6.07, 6.45) is 0.741. The lowest BCUT2D eigenvalue weighted by Gasteiger charge is -2.22. The maximum absolute atomic E-state index is 14.1. The number of halogens is 1. The van der Waals surface area contributed by atoms with Gasteiger partial charge in [0.15, 0.2) is 0 Å². The molecule has 1 aromatic carbocycles. The lowest BCUT2D eigenvalue weighted by molar-refractivity contribution is 0.149. The second-order valence-corrected chi connectivity index (χ2v) is 4.99. The Kier molecular flexibility index (Phi) is 5.72. The first-order chi connectivity index (χ1) is 8.49. The average molecular weight is 254 g/mol. The van der Waals surface area contributed by atoms with E-state index in [1.54, 1.807) is 13.2 Å². The van der Waals surface area contributed by atoms with Crippen LogP contribution in [-0.4, -0.2) is 13.7 Å². The molecule has 0 radical (unpaired) electrons. The molecule has 2 unspecified atom stereocenters. The Morgan fingerprint density at radius 3 is 2.56 bits per heavy atom. The second-order valence-electron chi connectivity index (χ2n) is 4.99. The minimum atomic E-state index is -0.194. The molecule has 0 aromatic heterocycles. The molecule has 0 bridgehead atoms. The summed E-state index contributed by atoms with van der Waals surface area (Å²) in [5.74, 6) is 5.69. The number of methoxy groups -OCH3 is 1. The predicted molar refractivity (Wildman–Crippen MR) is 71.6 cm³/mol. The van der Waals surface area contributed by atoms with E-state index in [1.807, 2.05) is 19.9 Å². The lowest BCUT2D eigenvalue weighted by Crippen LogP contribution is -2.31. The number of nitrogens with two attached hydrogens (primary N) is 1. The Hall–Kier alpha value is -0.970. The van der Waals surface area contributed by atoms with E-state index in [4.69, 9.17) is 10.6 Å². The summed E-state index contributed by atoms with van der Waals surface area (Å²) in [4.78, 5) is 0. The van der Waals surface area contributed by atoms with Crippen LogP contribution in [0, 0.1) is 25.6 Å². The van der Waals surface area contributed by atoms with Gasteiger partial charge in [-0.1, -0.05) is 13.0 Å². The van der Waals surface area contributed by atoms with Gasteiger partial charge in [0.05, 0.1) is 0 Å². The number of ether oxygens (including phenoxy) is 1.